The number of carbonyl (C=O) groups excluding carboxylic acids is 1. The molecule has 6 heteroatoms. The van der Waals surface area contributed by atoms with Crippen molar-refractivity contribution >= 4 is 17.7 Å². The molecule has 0 spiro atoms. The van der Waals surface area contributed by atoms with Gasteiger partial charge in [0.1, 0.15) is 22.5 Å². The van der Waals surface area contributed by atoms with E-state index < -0.39 is 0 Å². The van der Waals surface area contributed by atoms with E-state index in [1.807, 2.05) is 6.07 Å². The van der Waals surface area contributed by atoms with Crippen molar-refractivity contribution in [2.24, 2.45) is 0 Å². The number of amides is 1. The van der Waals surface area contributed by atoms with Gasteiger partial charge >= 0.3 is 0 Å². The third-order valence-electron chi connectivity index (χ3n) is 2.01. The first-order valence-electron chi connectivity index (χ1n) is 5.16. The molecule has 1 heterocycles. The highest BCUT2D eigenvalue weighted by molar-refractivity contribution is 8.00. The topological polar surface area (TPSA) is 78.7 Å². The first-order valence-corrected chi connectivity index (χ1v) is 6.15. The van der Waals surface area contributed by atoms with E-state index in [0.29, 0.717) is 22.1 Å². The van der Waals surface area contributed by atoms with E-state index in [-0.39, 0.29) is 18.2 Å². The molecule has 1 aromatic heterocycles. The summed E-state index contributed by atoms with van der Waals surface area (Å²) in [4.78, 5) is 19.7. The zero-order valence-corrected chi connectivity index (χ0v) is 11.0. The van der Waals surface area contributed by atoms with Crippen LogP contribution >= 0.6 is 11.8 Å². The molecule has 0 fully saturated rings. The van der Waals surface area contributed by atoms with Crippen molar-refractivity contribution in [3.63, 3.8) is 0 Å². The Morgan fingerprint density at radius 1 is 1.50 bits per heavy atom. The van der Waals surface area contributed by atoms with E-state index in [0.717, 1.165) is 0 Å². The van der Waals surface area contributed by atoms with Gasteiger partial charge in [-0.25, -0.2) is 9.97 Å². The summed E-state index contributed by atoms with van der Waals surface area (Å²) in [7, 11) is 0. The average Bonchev–Trinajstić information content (AvgIpc) is 2.33. The molecular formula is C12H12N4OS. The molecule has 0 radical (unpaired) electrons. The standard InChI is InChI=1S/C12H12N4OS/c1-4-5-14-11(17)7-18-12-10(6-13)8(2)15-9(3)16-12/h1H,5,7H2,2-3H3,(H,14,17). The molecule has 18 heavy (non-hydrogen) atoms. The first-order chi connectivity index (χ1) is 8.58. The molecule has 0 aromatic carbocycles. The number of thioether (sulfide) groups is 1. The lowest BCUT2D eigenvalue weighted by molar-refractivity contribution is -0.118. The number of aromatic nitrogens is 2. The van der Waals surface area contributed by atoms with Gasteiger partial charge in [-0.2, -0.15) is 5.26 Å². The van der Waals surface area contributed by atoms with E-state index in [9.17, 15) is 4.79 Å². The SMILES string of the molecule is C#CCNC(=O)CSc1nc(C)nc(C)c1C#N. The lowest BCUT2D eigenvalue weighted by Crippen LogP contribution is -2.25. The van der Waals surface area contributed by atoms with Crippen LogP contribution in [0, 0.1) is 37.5 Å². The van der Waals surface area contributed by atoms with Gasteiger partial charge in [-0.05, 0) is 13.8 Å². The Hall–Kier alpha value is -2.05. The van der Waals surface area contributed by atoms with Crippen LogP contribution in [-0.4, -0.2) is 28.2 Å². The molecule has 1 aromatic rings. The van der Waals surface area contributed by atoms with Gasteiger partial charge in [0.15, 0.2) is 0 Å². The summed E-state index contributed by atoms with van der Waals surface area (Å²) < 4.78 is 0. The van der Waals surface area contributed by atoms with Crippen molar-refractivity contribution in [2.45, 2.75) is 18.9 Å². The fraction of sp³-hybridized carbons (Fsp3) is 0.333. The molecule has 0 saturated carbocycles. The molecule has 0 bridgehead atoms. The Balaban J connectivity index is 2.77. The van der Waals surface area contributed by atoms with Crippen LogP contribution in [0.3, 0.4) is 0 Å². The molecule has 1 N–H and O–H groups in total. The molecule has 0 saturated heterocycles. The van der Waals surface area contributed by atoms with Crippen molar-refractivity contribution in [3.05, 3.63) is 17.1 Å². The number of aryl methyl sites for hydroxylation is 2. The maximum absolute atomic E-state index is 11.4. The lowest BCUT2D eigenvalue weighted by atomic mass is 10.3. The number of hydrogen-bond acceptors (Lipinski definition) is 5. The van der Waals surface area contributed by atoms with Gasteiger partial charge in [0.2, 0.25) is 5.91 Å². The van der Waals surface area contributed by atoms with E-state index in [2.05, 4.69) is 21.2 Å². The number of terminal acetylenes is 1. The normalized spacial score (nSPS) is 9.33. The minimum atomic E-state index is -0.184. The number of nitrogens with zero attached hydrogens (tertiary/aromatic N) is 3. The number of carbonyl (C=O) groups is 1. The third-order valence-corrected chi connectivity index (χ3v) is 2.98. The van der Waals surface area contributed by atoms with Gasteiger partial charge in [-0.15, -0.1) is 6.42 Å². The van der Waals surface area contributed by atoms with E-state index in [1.54, 1.807) is 13.8 Å². The molecule has 1 amide bonds. The molecule has 92 valence electrons. The molecule has 0 unspecified atom stereocenters. The summed E-state index contributed by atoms with van der Waals surface area (Å²) in [6.07, 6.45) is 5.03. The maximum atomic E-state index is 11.4. The first kappa shape index (κ1) is 14.0. The predicted octanol–water partition coefficient (Wildman–Crippen LogP) is 0.807. The van der Waals surface area contributed by atoms with Crippen LogP contribution in [-0.2, 0) is 4.79 Å². The number of nitrogens with one attached hydrogen (secondary N) is 1. The van der Waals surface area contributed by atoms with E-state index in [4.69, 9.17) is 11.7 Å². The van der Waals surface area contributed by atoms with Crippen molar-refractivity contribution < 1.29 is 4.79 Å². The Morgan fingerprint density at radius 2 is 2.22 bits per heavy atom. The second-order valence-corrected chi connectivity index (χ2v) is 4.38. The monoisotopic (exact) mass is 260 g/mol. The summed E-state index contributed by atoms with van der Waals surface area (Å²) in [6, 6.07) is 2.05. The summed E-state index contributed by atoms with van der Waals surface area (Å²) in [5.74, 6) is 2.89. The maximum Gasteiger partial charge on any atom is 0.231 e. The number of nitriles is 1. The predicted molar refractivity (Wildman–Crippen MR) is 68.8 cm³/mol. The van der Waals surface area contributed by atoms with Gasteiger partial charge in [-0.1, -0.05) is 17.7 Å². The Morgan fingerprint density at radius 3 is 2.83 bits per heavy atom. The summed E-state index contributed by atoms with van der Waals surface area (Å²) in [6.45, 7) is 3.69. The minimum Gasteiger partial charge on any atom is -0.344 e. The fourth-order valence-electron chi connectivity index (χ4n) is 1.25. The Bertz CT molecular complexity index is 542. The second-order valence-electron chi connectivity index (χ2n) is 3.42. The van der Waals surface area contributed by atoms with Crippen LogP contribution in [0.25, 0.3) is 0 Å². The fourth-order valence-corrected chi connectivity index (χ4v) is 2.15. The zero-order chi connectivity index (χ0) is 13.5. The van der Waals surface area contributed by atoms with E-state index >= 15 is 0 Å². The largest absolute Gasteiger partial charge is 0.344 e. The highest BCUT2D eigenvalue weighted by Gasteiger charge is 2.12. The highest BCUT2D eigenvalue weighted by atomic mass is 32.2. The lowest BCUT2D eigenvalue weighted by Gasteiger charge is -2.06. The summed E-state index contributed by atoms with van der Waals surface area (Å²) in [5, 5.41) is 12.1. The van der Waals surface area contributed by atoms with Crippen LogP contribution in [0.2, 0.25) is 0 Å². The molecule has 0 aliphatic rings. The van der Waals surface area contributed by atoms with Crippen molar-refractivity contribution in [1.82, 2.24) is 15.3 Å². The molecule has 0 atom stereocenters. The van der Waals surface area contributed by atoms with Crippen molar-refractivity contribution in [3.8, 4) is 18.4 Å². The highest BCUT2D eigenvalue weighted by Crippen LogP contribution is 2.21. The zero-order valence-electron chi connectivity index (χ0n) is 10.1. The van der Waals surface area contributed by atoms with Crippen LogP contribution < -0.4 is 5.32 Å². The van der Waals surface area contributed by atoms with Crippen LogP contribution in [0.15, 0.2) is 5.03 Å². The third kappa shape index (κ3) is 3.76. The molecule has 1 rings (SSSR count). The second kappa shape index (κ2) is 6.63. The molecule has 0 aliphatic heterocycles. The van der Waals surface area contributed by atoms with Gasteiger partial charge in [0, 0.05) is 0 Å². The van der Waals surface area contributed by atoms with Crippen LogP contribution in [0.4, 0.5) is 0 Å². The Labute approximate surface area is 110 Å². The van der Waals surface area contributed by atoms with Crippen LogP contribution in [0.5, 0.6) is 0 Å². The van der Waals surface area contributed by atoms with E-state index in [1.165, 1.54) is 11.8 Å². The number of rotatable bonds is 4. The molecule has 5 nitrogen and oxygen atoms in total. The quantitative estimate of drug-likeness (QED) is 0.492. The summed E-state index contributed by atoms with van der Waals surface area (Å²) in [5.41, 5.74) is 1.03. The van der Waals surface area contributed by atoms with Crippen molar-refractivity contribution in [2.75, 3.05) is 12.3 Å². The average molecular weight is 260 g/mol. The Kier molecular flexibility index (Phi) is 5.16. The summed E-state index contributed by atoms with van der Waals surface area (Å²) >= 11 is 1.20. The number of hydrogen-bond donors (Lipinski definition) is 1. The van der Waals surface area contributed by atoms with Crippen LogP contribution in [0.1, 0.15) is 17.1 Å². The van der Waals surface area contributed by atoms with Gasteiger partial charge in [-0.3, -0.25) is 4.79 Å². The van der Waals surface area contributed by atoms with Crippen molar-refractivity contribution in [1.29, 1.82) is 5.26 Å². The van der Waals surface area contributed by atoms with Gasteiger partial charge < -0.3 is 5.32 Å². The smallest absolute Gasteiger partial charge is 0.231 e. The molecular weight excluding hydrogens is 248 g/mol. The van der Waals surface area contributed by atoms with Gasteiger partial charge in [0.05, 0.1) is 18.0 Å². The minimum absolute atomic E-state index is 0.173. The molecule has 0 aliphatic carbocycles. The van der Waals surface area contributed by atoms with Gasteiger partial charge in [0.25, 0.3) is 0 Å².